The fourth-order valence-electron chi connectivity index (χ4n) is 3.27. The number of fused-ring (bicyclic) bond motifs is 1. The summed E-state index contributed by atoms with van der Waals surface area (Å²) in [6.45, 7) is 5.29. The summed E-state index contributed by atoms with van der Waals surface area (Å²) in [5.74, 6) is -0.783. The minimum Gasteiger partial charge on any atom is -0.505 e. The fourth-order valence-corrected chi connectivity index (χ4v) is 3.27. The van der Waals surface area contributed by atoms with Gasteiger partial charge in [-0.15, -0.1) is 0 Å². The Morgan fingerprint density at radius 1 is 1.21 bits per heavy atom. The lowest BCUT2D eigenvalue weighted by Gasteiger charge is -2.44. The SMILES string of the molecule is Oc1ccc(CN2CCN3CCCCC3C2)cc1F. The highest BCUT2D eigenvalue weighted by molar-refractivity contribution is 5.28. The zero-order chi connectivity index (χ0) is 13.2. The molecule has 1 aromatic carbocycles. The van der Waals surface area contributed by atoms with Gasteiger partial charge in [-0.3, -0.25) is 9.80 Å². The van der Waals surface area contributed by atoms with Crippen LogP contribution in [0.4, 0.5) is 4.39 Å². The van der Waals surface area contributed by atoms with Crippen LogP contribution in [-0.4, -0.2) is 47.1 Å². The number of piperidine rings is 1. The lowest BCUT2D eigenvalue weighted by molar-refractivity contribution is 0.0456. The maximum absolute atomic E-state index is 13.3. The Morgan fingerprint density at radius 2 is 2.11 bits per heavy atom. The molecule has 2 saturated heterocycles. The molecule has 0 amide bonds. The molecule has 19 heavy (non-hydrogen) atoms. The monoisotopic (exact) mass is 264 g/mol. The summed E-state index contributed by atoms with van der Waals surface area (Å²) in [5.41, 5.74) is 0.944. The first-order valence-corrected chi connectivity index (χ1v) is 7.16. The zero-order valence-corrected chi connectivity index (χ0v) is 11.2. The molecule has 2 heterocycles. The number of benzene rings is 1. The van der Waals surface area contributed by atoms with E-state index in [-0.39, 0.29) is 5.75 Å². The number of hydrogen-bond acceptors (Lipinski definition) is 3. The molecule has 0 spiro atoms. The normalized spacial score (nSPS) is 25.2. The van der Waals surface area contributed by atoms with E-state index in [9.17, 15) is 9.50 Å². The van der Waals surface area contributed by atoms with Crippen LogP contribution < -0.4 is 0 Å². The molecule has 1 N–H and O–H groups in total. The minimum atomic E-state index is -0.520. The predicted molar refractivity (Wildman–Crippen MR) is 72.6 cm³/mol. The summed E-state index contributed by atoms with van der Waals surface area (Å²) in [7, 11) is 0. The highest BCUT2D eigenvalue weighted by Gasteiger charge is 2.28. The van der Waals surface area contributed by atoms with Crippen molar-refractivity contribution in [3.63, 3.8) is 0 Å². The molecule has 2 aliphatic heterocycles. The number of rotatable bonds is 2. The molecule has 0 aromatic heterocycles. The molecule has 4 heteroatoms. The number of piperazine rings is 1. The molecule has 1 aromatic rings. The molecule has 3 rings (SSSR count). The van der Waals surface area contributed by atoms with E-state index in [2.05, 4.69) is 9.80 Å². The summed E-state index contributed by atoms with van der Waals surface area (Å²) in [5, 5.41) is 9.21. The number of phenols is 1. The smallest absolute Gasteiger partial charge is 0.165 e. The van der Waals surface area contributed by atoms with Gasteiger partial charge in [0.05, 0.1) is 0 Å². The summed E-state index contributed by atoms with van der Waals surface area (Å²) in [4.78, 5) is 5.00. The Hall–Kier alpha value is -1.13. The molecular weight excluding hydrogens is 243 g/mol. The Labute approximate surface area is 113 Å². The highest BCUT2D eigenvalue weighted by atomic mass is 19.1. The summed E-state index contributed by atoms with van der Waals surface area (Å²) in [6.07, 6.45) is 3.96. The van der Waals surface area contributed by atoms with Crippen LogP contribution >= 0.6 is 0 Å². The Morgan fingerprint density at radius 3 is 2.95 bits per heavy atom. The van der Waals surface area contributed by atoms with E-state index in [1.807, 2.05) is 6.07 Å². The summed E-state index contributed by atoms with van der Waals surface area (Å²) < 4.78 is 13.3. The Kier molecular flexibility index (Phi) is 3.71. The molecule has 2 aliphatic rings. The van der Waals surface area contributed by atoms with Crippen molar-refractivity contribution in [2.24, 2.45) is 0 Å². The van der Waals surface area contributed by atoms with Crippen LogP contribution in [0.1, 0.15) is 24.8 Å². The van der Waals surface area contributed by atoms with Crippen molar-refractivity contribution in [3.05, 3.63) is 29.6 Å². The average Bonchev–Trinajstić information content (AvgIpc) is 2.43. The van der Waals surface area contributed by atoms with Gasteiger partial charge in [0.15, 0.2) is 11.6 Å². The third-order valence-corrected chi connectivity index (χ3v) is 4.34. The number of nitrogens with zero attached hydrogens (tertiary/aromatic N) is 2. The molecule has 0 bridgehead atoms. The largest absolute Gasteiger partial charge is 0.505 e. The molecule has 104 valence electrons. The van der Waals surface area contributed by atoms with Gasteiger partial charge in [0.1, 0.15) is 0 Å². The van der Waals surface area contributed by atoms with E-state index >= 15 is 0 Å². The minimum absolute atomic E-state index is 0.263. The second-order valence-electron chi connectivity index (χ2n) is 5.71. The van der Waals surface area contributed by atoms with E-state index in [1.54, 1.807) is 0 Å². The maximum Gasteiger partial charge on any atom is 0.165 e. The van der Waals surface area contributed by atoms with Crippen molar-refractivity contribution >= 4 is 0 Å². The van der Waals surface area contributed by atoms with E-state index in [1.165, 1.54) is 37.9 Å². The van der Waals surface area contributed by atoms with Gasteiger partial charge in [0.2, 0.25) is 0 Å². The van der Waals surface area contributed by atoms with Crippen LogP contribution in [-0.2, 0) is 6.54 Å². The van der Waals surface area contributed by atoms with Crippen LogP contribution in [0.15, 0.2) is 18.2 Å². The van der Waals surface area contributed by atoms with Gasteiger partial charge in [-0.2, -0.15) is 0 Å². The number of hydrogen-bond donors (Lipinski definition) is 1. The van der Waals surface area contributed by atoms with E-state index in [4.69, 9.17) is 0 Å². The van der Waals surface area contributed by atoms with Gasteiger partial charge in [-0.25, -0.2) is 4.39 Å². The molecule has 0 radical (unpaired) electrons. The topological polar surface area (TPSA) is 26.7 Å². The molecule has 3 nitrogen and oxygen atoms in total. The van der Waals surface area contributed by atoms with Crippen molar-refractivity contribution in [1.82, 2.24) is 9.80 Å². The first kappa shape index (κ1) is 12.9. The average molecular weight is 264 g/mol. The van der Waals surface area contributed by atoms with E-state index in [0.29, 0.717) is 6.04 Å². The van der Waals surface area contributed by atoms with Crippen LogP contribution in [0.25, 0.3) is 0 Å². The van der Waals surface area contributed by atoms with Crippen LogP contribution in [0.5, 0.6) is 5.75 Å². The number of halogens is 1. The van der Waals surface area contributed by atoms with Gasteiger partial charge in [-0.05, 0) is 37.1 Å². The van der Waals surface area contributed by atoms with Crippen LogP contribution in [0.3, 0.4) is 0 Å². The third-order valence-electron chi connectivity index (χ3n) is 4.34. The van der Waals surface area contributed by atoms with Crippen molar-refractivity contribution in [3.8, 4) is 5.75 Å². The van der Waals surface area contributed by atoms with Gasteiger partial charge >= 0.3 is 0 Å². The van der Waals surface area contributed by atoms with E-state index in [0.717, 1.165) is 31.7 Å². The first-order chi connectivity index (χ1) is 9.22. The molecule has 0 saturated carbocycles. The standard InChI is InChI=1S/C15H21FN2O/c16-14-9-12(4-5-15(14)19)10-17-7-8-18-6-2-1-3-13(18)11-17/h4-5,9,13,19H,1-3,6-8,10-11H2. The van der Waals surface area contributed by atoms with Crippen molar-refractivity contribution < 1.29 is 9.50 Å². The molecule has 0 aliphatic carbocycles. The lowest BCUT2D eigenvalue weighted by Crippen LogP contribution is -2.54. The van der Waals surface area contributed by atoms with Gasteiger partial charge in [0.25, 0.3) is 0 Å². The fraction of sp³-hybridized carbons (Fsp3) is 0.600. The predicted octanol–water partition coefficient (Wildman–Crippen LogP) is 2.20. The second kappa shape index (κ2) is 5.47. The number of aromatic hydroxyl groups is 1. The van der Waals surface area contributed by atoms with Gasteiger partial charge < -0.3 is 5.11 Å². The van der Waals surface area contributed by atoms with Crippen molar-refractivity contribution in [2.45, 2.75) is 31.8 Å². The second-order valence-corrected chi connectivity index (χ2v) is 5.71. The highest BCUT2D eigenvalue weighted by Crippen LogP contribution is 2.23. The quantitative estimate of drug-likeness (QED) is 0.887. The Bertz CT molecular complexity index is 452. The number of phenolic OH excluding ortho intramolecular Hbond substituents is 1. The van der Waals surface area contributed by atoms with Gasteiger partial charge in [-0.1, -0.05) is 12.5 Å². The van der Waals surface area contributed by atoms with Crippen molar-refractivity contribution in [1.29, 1.82) is 0 Å². The van der Waals surface area contributed by atoms with Gasteiger partial charge in [0, 0.05) is 32.2 Å². The molecular formula is C15H21FN2O. The molecule has 1 unspecified atom stereocenters. The summed E-state index contributed by atoms with van der Waals surface area (Å²) in [6, 6.07) is 5.39. The van der Waals surface area contributed by atoms with E-state index < -0.39 is 5.82 Å². The zero-order valence-electron chi connectivity index (χ0n) is 11.2. The third kappa shape index (κ3) is 2.90. The molecule has 1 atom stereocenters. The van der Waals surface area contributed by atoms with Crippen molar-refractivity contribution in [2.75, 3.05) is 26.2 Å². The lowest BCUT2D eigenvalue weighted by atomic mass is 9.99. The molecule has 2 fully saturated rings. The maximum atomic E-state index is 13.3. The Balaban J connectivity index is 1.62. The first-order valence-electron chi connectivity index (χ1n) is 7.16. The van der Waals surface area contributed by atoms with Crippen LogP contribution in [0.2, 0.25) is 0 Å². The summed E-state index contributed by atoms with van der Waals surface area (Å²) >= 11 is 0. The van der Waals surface area contributed by atoms with Crippen LogP contribution in [0, 0.1) is 5.82 Å².